The number of ketones is 1. The molecule has 3 rings (SSSR count). The van der Waals surface area contributed by atoms with Crippen molar-refractivity contribution in [2.75, 3.05) is 6.61 Å². The van der Waals surface area contributed by atoms with Crippen LogP contribution in [0, 0.1) is 20.8 Å². The molecule has 0 atom stereocenters. The maximum atomic E-state index is 13.1. The third-order valence-electron chi connectivity index (χ3n) is 4.37. The lowest BCUT2D eigenvalue weighted by molar-refractivity contribution is -0.141. The number of benzene rings is 1. The molecule has 0 spiro atoms. The lowest BCUT2D eigenvalue weighted by Gasteiger charge is -2.05. The molecule has 2 aromatic heterocycles. The largest absolute Gasteiger partial charge is 0.464 e. The Morgan fingerprint density at radius 1 is 1.25 bits per heavy atom. The lowest BCUT2D eigenvalue weighted by Crippen LogP contribution is -2.11. The molecule has 0 radical (unpaired) electrons. The Kier molecular flexibility index (Phi) is 5.73. The van der Waals surface area contributed by atoms with Crippen LogP contribution in [-0.2, 0) is 16.1 Å². The number of hydrogen-bond donors (Lipinski definition) is 1. The molecule has 0 aliphatic carbocycles. The lowest BCUT2D eigenvalue weighted by atomic mass is 9.99. The van der Waals surface area contributed by atoms with E-state index in [1.807, 2.05) is 39.0 Å². The zero-order valence-electron chi connectivity index (χ0n) is 16.0. The van der Waals surface area contributed by atoms with Gasteiger partial charge in [-0.2, -0.15) is 4.80 Å². The van der Waals surface area contributed by atoms with Gasteiger partial charge in [0.1, 0.15) is 6.61 Å². The number of tetrazole rings is 1. The van der Waals surface area contributed by atoms with Gasteiger partial charge in [0.15, 0.2) is 5.78 Å². The highest BCUT2D eigenvalue weighted by Crippen LogP contribution is 2.28. The van der Waals surface area contributed by atoms with E-state index in [-0.39, 0.29) is 18.4 Å². The number of carbonyl (C=O) groups is 2. The highest BCUT2D eigenvalue weighted by molar-refractivity contribution is 9.10. The maximum absolute atomic E-state index is 13.1. The van der Waals surface area contributed by atoms with Crippen LogP contribution in [0.25, 0.3) is 11.5 Å². The normalized spacial score (nSPS) is 10.9. The molecule has 0 aliphatic rings. The van der Waals surface area contributed by atoms with E-state index in [4.69, 9.17) is 4.74 Å². The van der Waals surface area contributed by atoms with Crippen LogP contribution in [0.1, 0.15) is 39.7 Å². The second kappa shape index (κ2) is 8.05. The molecule has 1 N–H and O–H groups in total. The van der Waals surface area contributed by atoms with Crippen molar-refractivity contribution in [3.05, 3.63) is 50.6 Å². The summed E-state index contributed by atoms with van der Waals surface area (Å²) in [7, 11) is 0. The van der Waals surface area contributed by atoms with Crippen molar-refractivity contribution in [1.82, 2.24) is 25.2 Å². The van der Waals surface area contributed by atoms with E-state index in [0.29, 0.717) is 29.2 Å². The van der Waals surface area contributed by atoms with Crippen LogP contribution in [0.4, 0.5) is 0 Å². The monoisotopic (exact) mass is 445 g/mol. The number of carbonyl (C=O) groups excluding carboxylic acids is 2. The van der Waals surface area contributed by atoms with Gasteiger partial charge in [0.05, 0.1) is 12.2 Å². The molecule has 0 saturated carbocycles. The Hall–Kier alpha value is -2.81. The summed E-state index contributed by atoms with van der Waals surface area (Å²) in [5, 5.41) is 12.3. The highest BCUT2D eigenvalue weighted by Gasteiger charge is 2.22. The first kappa shape index (κ1) is 19.9. The van der Waals surface area contributed by atoms with Gasteiger partial charge in [-0.3, -0.25) is 9.59 Å². The fraction of sp³-hybridized carbons (Fsp3) is 0.316. The van der Waals surface area contributed by atoms with Gasteiger partial charge in [0.25, 0.3) is 0 Å². The molecule has 0 fully saturated rings. The summed E-state index contributed by atoms with van der Waals surface area (Å²) in [5.74, 6) is -0.0462. The Labute approximate surface area is 170 Å². The Bertz CT molecular complexity index is 1050. The SMILES string of the molecule is CC(=O)OCCn1nnc(-c2[nH]c(C)c(C(=O)c3ccc(C)c(Br)c3)c2C)n1. The zero-order valence-corrected chi connectivity index (χ0v) is 17.6. The average Bonchev–Trinajstić information content (AvgIpc) is 3.21. The number of rotatable bonds is 6. The first-order valence-electron chi connectivity index (χ1n) is 8.69. The predicted octanol–water partition coefficient (Wildman–Crippen LogP) is 3.15. The molecule has 8 nitrogen and oxygen atoms in total. The minimum Gasteiger partial charge on any atom is -0.464 e. The second-order valence-corrected chi connectivity index (χ2v) is 7.32. The zero-order chi connectivity index (χ0) is 20.4. The van der Waals surface area contributed by atoms with Gasteiger partial charge < -0.3 is 9.72 Å². The van der Waals surface area contributed by atoms with Gasteiger partial charge in [0.2, 0.25) is 5.82 Å². The van der Waals surface area contributed by atoms with Crippen LogP contribution in [0.2, 0.25) is 0 Å². The van der Waals surface area contributed by atoms with Crippen LogP contribution in [0.5, 0.6) is 0 Å². The van der Waals surface area contributed by atoms with Crippen molar-refractivity contribution < 1.29 is 14.3 Å². The minimum absolute atomic E-state index is 0.0690. The Morgan fingerprint density at radius 2 is 2.00 bits per heavy atom. The van der Waals surface area contributed by atoms with Gasteiger partial charge in [-0.05, 0) is 43.2 Å². The molecule has 9 heteroatoms. The number of esters is 1. The summed E-state index contributed by atoms with van der Waals surface area (Å²) in [4.78, 5) is 28.4. The van der Waals surface area contributed by atoms with Gasteiger partial charge in [-0.1, -0.05) is 28.1 Å². The van der Waals surface area contributed by atoms with E-state index >= 15 is 0 Å². The van der Waals surface area contributed by atoms with Gasteiger partial charge in [0, 0.05) is 28.2 Å². The van der Waals surface area contributed by atoms with Crippen LogP contribution in [0.3, 0.4) is 0 Å². The van der Waals surface area contributed by atoms with Gasteiger partial charge in [-0.25, -0.2) is 0 Å². The summed E-state index contributed by atoms with van der Waals surface area (Å²) in [6.07, 6.45) is 0. The van der Waals surface area contributed by atoms with Gasteiger partial charge >= 0.3 is 5.97 Å². The third kappa shape index (κ3) is 4.04. The van der Waals surface area contributed by atoms with Crippen LogP contribution < -0.4 is 0 Å². The molecule has 146 valence electrons. The minimum atomic E-state index is -0.359. The number of nitrogens with zero attached hydrogens (tertiary/aromatic N) is 4. The molecule has 0 bridgehead atoms. The molecule has 2 heterocycles. The molecule has 1 aromatic carbocycles. The van der Waals surface area contributed by atoms with E-state index in [1.165, 1.54) is 11.7 Å². The van der Waals surface area contributed by atoms with Crippen molar-refractivity contribution >= 4 is 27.7 Å². The van der Waals surface area contributed by atoms with E-state index < -0.39 is 0 Å². The number of aromatic nitrogens is 5. The topological polar surface area (TPSA) is 103 Å². The summed E-state index contributed by atoms with van der Waals surface area (Å²) in [6, 6.07) is 5.55. The van der Waals surface area contributed by atoms with Crippen molar-refractivity contribution in [1.29, 1.82) is 0 Å². The van der Waals surface area contributed by atoms with Crippen molar-refractivity contribution in [2.24, 2.45) is 0 Å². The molecule has 0 unspecified atom stereocenters. The third-order valence-corrected chi connectivity index (χ3v) is 5.23. The number of nitrogens with one attached hydrogen (secondary N) is 1. The molecule has 28 heavy (non-hydrogen) atoms. The first-order chi connectivity index (χ1) is 13.3. The summed E-state index contributed by atoms with van der Waals surface area (Å²) < 4.78 is 5.77. The number of aromatic amines is 1. The predicted molar refractivity (Wildman–Crippen MR) is 106 cm³/mol. The molecule has 0 saturated heterocycles. The number of H-pyrrole nitrogens is 1. The summed E-state index contributed by atoms with van der Waals surface area (Å²) in [5.41, 5.74) is 4.42. The fourth-order valence-corrected chi connectivity index (χ4v) is 3.28. The van der Waals surface area contributed by atoms with Crippen LogP contribution >= 0.6 is 15.9 Å². The van der Waals surface area contributed by atoms with E-state index in [0.717, 1.165) is 21.3 Å². The summed E-state index contributed by atoms with van der Waals surface area (Å²) >= 11 is 3.48. The molecule has 0 amide bonds. The van der Waals surface area contributed by atoms with Crippen molar-refractivity contribution in [3.63, 3.8) is 0 Å². The van der Waals surface area contributed by atoms with E-state index in [1.54, 1.807) is 0 Å². The van der Waals surface area contributed by atoms with E-state index in [2.05, 4.69) is 36.3 Å². The van der Waals surface area contributed by atoms with Crippen LogP contribution in [-0.4, -0.2) is 43.6 Å². The molecular weight excluding hydrogens is 426 g/mol. The average molecular weight is 446 g/mol. The fourth-order valence-electron chi connectivity index (χ4n) is 2.90. The Morgan fingerprint density at radius 3 is 2.68 bits per heavy atom. The second-order valence-electron chi connectivity index (χ2n) is 6.47. The smallest absolute Gasteiger partial charge is 0.302 e. The van der Waals surface area contributed by atoms with Crippen molar-refractivity contribution in [3.8, 4) is 11.5 Å². The number of hydrogen-bond acceptors (Lipinski definition) is 6. The number of ether oxygens (including phenoxy) is 1. The first-order valence-corrected chi connectivity index (χ1v) is 9.48. The number of halogens is 1. The van der Waals surface area contributed by atoms with Crippen LogP contribution in [0.15, 0.2) is 22.7 Å². The van der Waals surface area contributed by atoms with Gasteiger partial charge in [-0.15, -0.1) is 10.2 Å². The maximum Gasteiger partial charge on any atom is 0.302 e. The molecular formula is C19H20BrN5O3. The standard InChI is InChI=1S/C19H20BrN5O3/c1-10-5-6-14(9-15(10)20)18(27)16-11(2)17(21-12(16)3)19-22-24-25(23-19)7-8-28-13(4)26/h5-6,9,21H,7-8H2,1-4H3. The van der Waals surface area contributed by atoms with Crippen molar-refractivity contribution in [2.45, 2.75) is 34.2 Å². The molecule has 3 aromatic rings. The van der Waals surface area contributed by atoms with E-state index in [9.17, 15) is 9.59 Å². The summed E-state index contributed by atoms with van der Waals surface area (Å²) in [6.45, 7) is 7.48. The Balaban J connectivity index is 1.88. The molecule has 0 aliphatic heterocycles. The quantitative estimate of drug-likeness (QED) is 0.461. The number of aryl methyl sites for hydroxylation is 2. The highest BCUT2D eigenvalue weighted by atomic mass is 79.9.